The fourth-order valence-corrected chi connectivity index (χ4v) is 3.31. The summed E-state index contributed by atoms with van der Waals surface area (Å²) in [6, 6.07) is 16.2. The largest absolute Gasteiger partial charge is 0.398 e. The smallest absolute Gasteiger partial charge is 0.0806 e. The van der Waals surface area contributed by atoms with Gasteiger partial charge in [0.1, 0.15) is 0 Å². The van der Waals surface area contributed by atoms with Crippen LogP contribution in [0.3, 0.4) is 0 Å². The molecule has 0 atom stereocenters. The first-order valence-corrected chi connectivity index (χ1v) is 7.87. The Hall–Kier alpha value is -3.20. The van der Waals surface area contributed by atoms with Gasteiger partial charge in [0.25, 0.3) is 0 Å². The van der Waals surface area contributed by atoms with Gasteiger partial charge in [0, 0.05) is 32.8 Å². The Labute approximate surface area is 140 Å². The summed E-state index contributed by atoms with van der Waals surface area (Å²) in [5.41, 5.74) is 12.9. The van der Waals surface area contributed by atoms with Gasteiger partial charge in [-0.1, -0.05) is 54.6 Å². The molecule has 0 radical (unpaired) electrons. The van der Waals surface area contributed by atoms with Gasteiger partial charge in [-0.2, -0.15) is 0 Å². The summed E-state index contributed by atoms with van der Waals surface area (Å²) >= 11 is 0. The molecule has 3 nitrogen and oxygen atoms in total. The van der Waals surface area contributed by atoms with Gasteiger partial charge in [-0.3, -0.25) is 4.99 Å². The number of benzene rings is 2. The summed E-state index contributed by atoms with van der Waals surface area (Å²) in [5.74, 6) is 0. The van der Waals surface area contributed by atoms with Crippen molar-refractivity contribution in [3.05, 3.63) is 87.8 Å². The number of fused-ring (bicyclic) bond motifs is 2. The van der Waals surface area contributed by atoms with Gasteiger partial charge in [0.2, 0.25) is 0 Å². The molecule has 116 valence electrons. The SMILES string of the molecule is C=NC1=CC(=NC2=c3ccccc3=C(N)/C2=C\C)c2ccccc21. The summed E-state index contributed by atoms with van der Waals surface area (Å²) in [6.07, 6.45) is 4.00. The summed E-state index contributed by atoms with van der Waals surface area (Å²) in [5, 5.41) is 2.11. The Bertz CT molecular complexity index is 1080. The van der Waals surface area contributed by atoms with Crippen molar-refractivity contribution in [2.24, 2.45) is 15.7 Å². The van der Waals surface area contributed by atoms with Gasteiger partial charge < -0.3 is 5.73 Å². The molecule has 2 aromatic carbocycles. The molecule has 24 heavy (non-hydrogen) atoms. The summed E-state index contributed by atoms with van der Waals surface area (Å²) in [6.45, 7) is 5.66. The highest BCUT2D eigenvalue weighted by atomic mass is 14.8. The van der Waals surface area contributed by atoms with E-state index >= 15 is 0 Å². The van der Waals surface area contributed by atoms with Crippen LogP contribution in [0.15, 0.2) is 76.2 Å². The standard InChI is InChI=1S/C21H17N3/c1-3-13-20(22)16-10-6-7-11-17(16)21(13)24-19-12-18(23-2)14-8-4-5-9-15(14)19/h3-12H,2,22H2,1H3/b13-3+,24-19?. The zero-order chi connectivity index (χ0) is 16.7. The van der Waals surface area contributed by atoms with Gasteiger partial charge in [-0.25, -0.2) is 4.99 Å². The lowest BCUT2D eigenvalue weighted by Gasteiger charge is -2.05. The molecule has 2 aromatic rings. The maximum atomic E-state index is 6.33. The van der Waals surface area contributed by atoms with Crippen molar-refractivity contribution in [3.63, 3.8) is 0 Å². The highest BCUT2D eigenvalue weighted by Gasteiger charge is 2.21. The van der Waals surface area contributed by atoms with E-state index in [2.05, 4.69) is 23.8 Å². The second-order valence-electron chi connectivity index (χ2n) is 5.74. The number of nitrogens with zero attached hydrogens (tertiary/aromatic N) is 2. The van der Waals surface area contributed by atoms with Crippen LogP contribution in [0.2, 0.25) is 0 Å². The number of nitrogens with two attached hydrogens (primary N) is 1. The first kappa shape index (κ1) is 14.4. The summed E-state index contributed by atoms with van der Waals surface area (Å²) in [4.78, 5) is 9.09. The van der Waals surface area contributed by atoms with Crippen LogP contribution in [0.1, 0.15) is 18.1 Å². The quantitative estimate of drug-likeness (QED) is 0.851. The van der Waals surface area contributed by atoms with Crippen molar-refractivity contribution in [2.75, 3.05) is 0 Å². The predicted molar refractivity (Wildman–Crippen MR) is 101 cm³/mol. The summed E-state index contributed by atoms with van der Waals surface area (Å²) < 4.78 is 0. The van der Waals surface area contributed by atoms with E-state index < -0.39 is 0 Å². The van der Waals surface area contributed by atoms with Crippen molar-refractivity contribution in [1.82, 2.24) is 0 Å². The van der Waals surface area contributed by atoms with Crippen LogP contribution in [0.5, 0.6) is 0 Å². The van der Waals surface area contributed by atoms with E-state index in [1.54, 1.807) is 0 Å². The first-order chi connectivity index (χ1) is 11.7. The molecular formula is C21H17N3. The minimum absolute atomic E-state index is 0.782. The fraction of sp³-hybridized carbons (Fsp3) is 0.0476. The van der Waals surface area contributed by atoms with Gasteiger partial charge >= 0.3 is 0 Å². The molecule has 0 heterocycles. The Morgan fingerprint density at radius 3 is 2.33 bits per heavy atom. The summed E-state index contributed by atoms with van der Waals surface area (Å²) in [7, 11) is 0. The third-order valence-corrected chi connectivity index (χ3v) is 4.46. The number of hydrogen-bond donors (Lipinski definition) is 1. The van der Waals surface area contributed by atoms with E-state index in [0.29, 0.717) is 0 Å². The molecule has 0 saturated carbocycles. The topological polar surface area (TPSA) is 50.7 Å². The third-order valence-electron chi connectivity index (χ3n) is 4.46. The molecule has 4 rings (SSSR count). The van der Waals surface area contributed by atoms with Crippen LogP contribution in [-0.4, -0.2) is 12.4 Å². The predicted octanol–water partition coefficient (Wildman–Crippen LogP) is 2.37. The zero-order valence-electron chi connectivity index (χ0n) is 13.5. The molecule has 2 N–H and O–H groups in total. The molecule has 0 unspecified atom stereocenters. The molecule has 2 aliphatic rings. The Morgan fingerprint density at radius 2 is 1.62 bits per heavy atom. The molecule has 2 aliphatic carbocycles. The van der Waals surface area contributed by atoms with Crippen molar-refractivity contribution in [3.8, 4) is 0 Å². The van der Waals surface area contributed by atoms with Crippen molar-refractivity contribution in [1.29, 1.82) is 0 Å². The van der Waals surface area contributed by atoms with E-state index in [4.69, 9.17) is 10.7 Å². The number of rotatable bonds is 2. The minimum Gasteiger partial charge on any atom is -0.398 e. The van der Waals surface area contributed by atoms with Crippen LogP contribution < -0.4 is 16.2 Å². The van der Waals surface area contributed by atoms with Crippen molar-refractivity contribution in [2.45, 2.75) is 6.92 Å². The van der Waals surface area contributed by atoms with E-state index in [0.717, 1.165) is 49.9 Å². The number of aliphatic imine (C=N–C) groups is 2. The molecule has 0 saturated heterocycles. The van der Waals surface area contributed by atoms with Crippen molar-refractivity contribution >= 4 is 29.5 Å². The molecule has 3 heteroatoms. The zero-order valence-corrected chi connectivity index (χ0v) is 13.5. The van der Waals surface area contributed by atoms with E-state index in [1.807, 2.05) is 55.5 Å². The Morgan fingerprint density at radius 1 is 0.958 bits per heavy atom. The molecule has 0 aromatic heterocycles. The van der Waals surface area contributed by atoms with E-state index in [9.17, 15) is 0 Å². The van der Waals surface area contributed by atoms with Gasteiger partial charge in [0.05, 0.1) is 17.1 Å². The first-order valence-electron chi connectivity index (χ1n) is 7.87. The molecule has 0 spiro atoms. The molecule has 0 bridgehead atoms. The molecular weight excluding hydrogens is 294 g/mol. The lowest BCUT2D eigenvalue weighted by Crippen LogP contribution is -2.25. The maximum Gasteiger partial charge on any atom is 0.0806 e. The van der Waals surface area contributed by atoms with Gasteiger partial charge in [0.15, 0.2) is 0 Å². The van der Waals surface area contributed by atoms with Crippen LogP contribution in [0.4, 0.5) is 0 Å². The van der Waals surface area contributed by atoms with Crippen molar-refractivity contribution < 1.29 is 0 Å². The lowest BCUT2D eigenvalue weighted by molar-refractivity contribution is 1.46. The second-order valence-corrected chi connectivity index (χ2v) is 5.74. The normalized spacial score (nSPS) is 18.8. The third kappa shape index (κ3) is 1.98. The van der Waals surface area contributed by atoms with Crippen LogP contribution >= 0.6 is 0 Å². The average Bonchev–Trinajstić information content (AvgIpc) is 3.12. The monoisotopic (exact) mass is 311 g/mol. The highest BCUT2D eigenvalue weighted by Crippen LogP contribution is 2.30. The Kier molecular flexibility index (Phi) is 3.28. The molecule has 0 fully saturated rings. The van der Waals surface area contributed by atoms with E-state index in [1.165, 1.54) is 0 Å². The number of hydrogen-bond acceptors (Lipinski definition) is 3. The van der Waals surface area contributed by atoms with Crippen LogP contribution in [-0.2, 0) is 0 Å². The number of allylic oxidation sites excluding steroid dienone is 2. The van der Waals surface area contributed by atoms with Crippen LogP contribution in [0.25, 0.3) is 17.1 Å². The Balaban J connectivity index is 2.01. The molecule has 0 aliphatic heterocycles. The lowest BCUT2D eigenvalue weighted by atomic mass is 10.1. The second kappa shape index (κ2) is 5.46. The maximum absolute atomic E-state index is 6.33. The van der Waals surface area contributed by atoms with E-state index in [-0.39, 0.29) is 0 Å². The van der Waals surface area contributed by atoms with Crippen LogP contribution in [0, 0.1) is 0 Å². The fourth-order valence-electron chi connectivity index (χ4n) is 3.31. The van der Waals surface area contributed by atoms with Gasteiger partial charge in [-0.15, -0.1) is 0 Å². The highest BCUT2D eigenvalue weighted by molar-refractivity contribution is 6.21. The minimum atomic E-state index is 0.782. The average molecular weight is 311 g/mol. The van der Waals surface area contributed by atoms with Gasteiger partial charge in [-0.05, 0) is 19.7 Å². The molecule has 0 amide bonds.